The number of fused-ring (bicyclic) bond motifs is 1. The molecule has 0 aliphatic rings. The molecule has 0 bridgehead atoms. The van der Waals surface area contributed by atoms with Crippen molar-refractivity contribution in [3.8, 4) is 34.1 Å². The SMILES string of the molecule is BrC(Br)=Cc1cc2cc(-c3ccccc3)c(-c3ccccc3)cc2cc1C#Cc1ccccc1. The van der Waals surface area contributed by atoms with Crippen LogP contribution in [0.25, 0.3) is 39.1 Å². The van der Waals surface area contributed by atoms with Gasteiger partial charge in [-0.25, -0.2) is 0 Å². The largest absolute Gasteiger partial charge is 0.0622 e. The smallest absolute Gasteiger partial charge is 0.0610 e. The summed E-state index contributed by atoms with van der Waals surface area (Å²) in [5, 5.41) is 2.34. The van der Waals surface area contributed by atoms with Crippen LogP contribution in [0.4, 0.5) is 0 Å². The minimum Gasteiger partial charge on any atom is -0.0622 e. The normalized spacial score (nSPS) is 10.4. The average Bonchev–Trinajstić information content (AvgIpc) is 2.88. The highest BCUT2D eigenvalue weighted by molar-refractivity contribution is 9.28. The Balaban J connectivity index is 1.75. The summed E-state index contributed by atoms with van der Waals surface area (Å²) < 4.78 is 0.881. The van der Waals surface area contributed by atoms with Gasteiger partial charge < -0.3 is 0 Å². The quantitative estimate of drug-likeness (QED) is 0.192. The maximum absolute atomic E-state index is 3.53. The van der Waals surface area contributed by atoms with Gasteiger partial charge in [-0.2, -0.15) is 0 Å². The maximum atomic E-state index is 3.53. The molecule has 0 saturated heterocycles. The Kier molecular flexibility index (Phi) is 6.77. The van der Waals surface area contributed by atoms with Crippen LogP contribution >= 0.6 is 31.9 Å². The van der Waals surface area contributed by atoms with Gasteiger partial charge in [0, 0.05) is 11.1 Å². The van der Waals surface area contributed by atoms with E-state index in [0.29, 0.717) is 0 Å². The Hall–Kier alpha value is -3.38. The van der Waals surface area contributed by atoms with E-state index in [4.69, 9.17) is 0 Å². The number of hydrogen-bond donors (Lipinski definition) is 0. The lowest BCUT2D eigenvalue weighted by atomic mass is 9.90. The summed E-state index contributed by atoms with van der Waals surface area (Å²) in [4.78, 5) is 0. The van der Waals surface area contributed by atoms with E-state index in [9.17, 15) is 0 Å². The summed E-state index contributed by atoms with van der Waals surface area (Å²) >= 11 is 7.06. The van der Waals surface area contributed by atoms with Gasteiger partial charge >= 0.3 is 0 Å². The molecule has 5 aromatic rings. The highest BCUT2D eigenvalue weighted by Gasteiger charge is 2.11. The van der Waals surface area contributed by atoms with Crippen LogP contribution in [0.15, 0.2) is 119 Å². The van der Waals surface area contributed by atoms with Gasteiger partial charge in [-0.05, 0) is 113 Å². The van der Waals surface area contributed by atoms with Gasteiger partial charge in [0.25, 0.3) is 0 Å². The van der Waals surface area contributed by atoms with E-state index in [1.165, 1.54) is 33.0 Å². The molecule has 5 aromatic carbocycles. The second-order valence-corrected chi connectivity index (χ2v) is 10.7. The Morgan fingerprint density at radius 1 is 0.559 bits per heavy atom. The minimum absolute atomic E-state index is 0.881. The first-order chi connectivity index (χ1) is 16.7. The van der Waals surface area contributed by atoms with Gasteiger partial charge in [-0.15, -0.1) is 0 Å². The van der Waals surface area contributed by atoms with E-state index in [0.717, 1.165) is 20.1 Å². The van der Waals surface area contributed by atoms with Crippen molar-refractivity contribution in [2.75, 3.05) is 0 Å². The summed E-state index contributed by atoms with van der Waals surface area (Å²) in [6.07, 6.45) is 2.06. The van der Waals surface area contributed by atoms with Crippen molar-refractivity contribution in [3.05, 3.63) is 135 Å². The van der Waals surface area contributed by atoms with Crippen LogP contribution in [-0.4, -0.2) is 0 Å². The predicted molar refractivity (Wildman–Crippen MR) is 153 cm³/mol. The highest BCUT2D eigenvalue weighted by Crippen LogP contribution is 2.37. The van der Waals surface area contributed by atoms with E-state index in [-0.39, 0.29) is 0 Å². The zero-order valence-electron chi connectivity index (χ0n) is 18.3. The molecule has 0 heterocycles. The summed E-state index contributed by atoms with van der Waals surface area (Å²) in [7, 11) is 0. The van der Waals surface area contributed by atoms with E-state index in [2.05, 4.69) is 135 Å². The van der Waals surface area contributed by atoms with Crippen LogP contribution in [0.2, 0.25) is 0 Å². The molecule has 2 heteroatoms. The molecule has 5 rings (SSSR count). The predicted octanol–water partition coefficient (Wildman–Crippen LogP) is 9.66. The molecule has 0 N–H and O–H groups in total. The minimum atomic E-state index is 0.881. The molecule has 0 spiro atoms. The molecular formula is C32H20Br2. The second-order valence-electron chi connectivity index (χ2n) is 7.97. The first-order valence-electron chi connectivity index (χ1n) is 11.0. The Morgan fingerprint density at radius 2 is 1.06 bits per heavy atom. The molecule has 0 saturated carbocycles. The number of halogens is 2. The van der Waals surface area contributed by atoms with Gasteiger partial charge in [0.1, 0.15) is 0 Å². The van der Waals surface area contributed by atoms with Crippen LogP contribution in [0, 0.1) is 11.8 Å². The van der Waals surface area contributed by atoms with Gasteiger partial charge in [0.15, 0.2) is 0 Å². The molecule has 0 amide bonds. The van der Waals surface area contributed by atoms with E-state index < -0.39 is 0 Å². The summed E-state index contributed by atoms with van der Waals surface area (Å²) in [6, 6.07) is 40.2. The molecule has 0 nitrogen and oxygen atoms in total. The van der Waals surface area contributed by atoms with E-state index in [1.54, 1.807) is 0 Å². The van der Waals surface area contributed by atoms with E-state index in [1.807, 2.05) is 30.3 Å². The molecule has 34 heavy (non-hydrogen) atoms. The Labute approximate surface area is 217 Å². The zero-order chi connectivity index (χ0) is 23.3. The molecule has 0 fully saturated rings. The van der Waals surface area contributed by atoms with Crippen molar-refractivity contribution in [3.63, 3.8) is 0 Å². The fourth-order valence-corrected chi connectivity index (χ4v) is 4.58. The van der Waals surface area contributed by atoms with Crippen LogP contribution < -0.4 is 0 Å². The van der Waals surface area contributed by atoms with E-state index >= 15 is 0 Å². The van der Waals surface area contributed by atoms with Gasteiger partial charge in [0.2, 0.25) is 0 Å². The number of hydrogen-bond acceptors (Lipinski definition) is 0. The molecule has 0 aromatic heterocycles. The van der Waals surface area contributed by atoms with Crippen molar-refractivity contribution in [2.45, 2.75) is 0 Å². The third kappa shape index (κ3) is 5.07. The molecule has 162 valence electrons. The van der Waals surface area contributed by atoms with Crippen LogP contribution in [0.1, 0.15) is 16.7 Å². The lowest BCUT2D eigenvalue weighted by Crippen LogP contribution is -1.90. The number of rotatable bonds is 3. The van der Waals surface area contributed by atoms with Gasteiger partial charge in [-0.1, -0.05) is 90.7 Å². The zero-order valence-corrected chi connectivity index (χ0v) is 21.5. The molecule has 0 aliphatic heterocycles. The van der Waals surface area contributed by atoms with Gasteiger partial charge in [0.05, 0.1) is 3.39 Å². The van der Waals surface area contributed by atoms with Gasteiger partial charge in [-0.3, -0.25) is 0 Å². The first kappa shape index (κ1) is 22.4. The topological polar surface area (TPSA) is 0 Å². The molecular weight excluding hydrogens is 544 g/mol. The summed E-state index contributed by atoms with van der Waals surface area (Å²) in [6.45, 7) is 0. The van der Waals surface area contributed by atoms with Crippen molar-refractivity contribution >= 4 is 48.7 Å². The third-order valence-corrected chi connectivity index (χ3v) is 6.15. The lowest BCUT2D eigenvalue weighted by molar-refractivity contribution is 1.59. The maximum Gasteiger partial charge on any atom is 0.0610 e. The molecule has 0 radical (unpaired) electrons. The highest BCUT2D eigenvalue weighted by atomic mass is 79.9. The standard InChI is InChI=1S/C32H20Br2/c33-32(34)22-29-19-28-21-31(25-14-8-3-9-15-25)30(24-12-6-2-7-13-24)20-27(28)18-26(29)17-16-23-10-4-1-5-11-23/h1-15,18-22H. The molecule has 0 unspecified atom stereocenters. The van der Waals surface area contributed by atoms with Crippen molar-refractivity contribution < 1.29 is 0 Å². The molecule has 0 atom stereocenters. The fraction of sp³-hybridized carbons (Fsp3) is 0. The monoisotopic (exact) mass is 562 g/mol. The lowest BCUT2D eigenvalue weighted by Gasteiger charge is -2.14. The van der Waals surface area contributed by atoms with Crippen LogP contribution in [0.3, 0.4) is 0 Å². The van der Waals surface area contributed by atoms with Crippen LogP contribution in [0.5, 0.6) is 0 Å². The summed E-state index contributed by atoms with van der Waals surface area (Å²) in [5.74, 6) is 6.71. The Morgan fingerprint density at radius 3 is 1.59 bits per heavy atom. The van der Waals surface area contributed by atoms with Crippen molar-refractivity contribution in [1.82, 2.24) is 0 Å². The second kappa shape index (κ2) is 10.3. The molecule has 0 aliphatic carbocycles. The fourth-order valence-electron chi connectivity index (χ4n) is 4.09. The van der Waals surface area contributed by atoms with Crippen molar-refractivity contribution in [1.29, 1.82) is 0 Å². The number of benzene rings is 5. The Bertz CT molecular complexity index is 1540. The van der Waals surface area contributed by atoms with Crippen LogP contribution in [-0.2, 0) is 0 Å². The average molecular weight is 564 g/mol. The first-order valence-corrected chi connectivity index (χ1v) is 12.6. The summed E-state index contributed by atoms with van der Waals surface area (Å²) in [5.41, 5.74) is 7.88. The van der Waals surface area contributed by atoms with Crippen molar-refractivity contribution in [2.24, 2.45) is 0 Å². The third-order valence-electron chi connectivity index (χ3n) is 5.69.